The van der Waals surface area contributed by atoms with Crippen molar-refractivity contribution in [3.05, 3.63) is 52.9 Å². The Morgan fingerprint density at radius 2 is 1.89 bits per heavy atom. The quantitative estimate of drug-likeness (QED) is 0.370. The first-order chi connectivity index (χ1) is 9.24. The molecule has 96 valence electrons. The summed E-state index contributed by atoms with van der Waals surface area (Å²) in [5.41, 5.74) is 1.04. The first kappa shape index (κ1) is 13.7. The first-order valence-electron chi connectivity index (χ1n) is 5.78. The first-order valence-corrected chi connectivity index (χ1v) is 7.37. The predicted octanol–water partition coefficient (Wildman–Crippen LogP) is 3.74. The van der Waals surface area contributed by atoms with Gasteiger partial charge in [-0.2, -0.15) is 0 Å². The van der Waals surface area contributed by atoms with Crippen LogP contribution in [-0.2, 0) is 0 Å². The summed E-state index contributed by atoms with van der Waals surface area (Å²) in [7, 11) is 3.91. The minimum Gasteiger partial charge on any atom is -0.368 e. The second-order valence-electron chi connectivity index (χ2n) is 4.01. The van der Waals surface area contributed by atoms with Gasteiger partial charge >= 0.3 is 0 Å². The largest absolute Gasteiger partial charge is 0.368 e. The van der Waals surface area contributed by atoms with Crippen molar-refractivity contribution in [1.29, 1.82) is 0 Å². The van der Waals surface area contributed by atoms with Crippen molar-refractivity contribution in [3.8, 4) is 11.8 Å². The number of hydrogen-bond donors (Lipinski definition) is 0. The molecule has 0 amide bonds. The average molecular weight is 286 g/mol. The zero-order chi connectivity index (χ0) is 13.5. The summed E-state index contributed by atoms with van der Waals surface area (Å²) >= 11 is 3.13. The van der Waals surface area contributed by atoms with E-state index in [0.717, 1.165) is 14.6 Å². The smallest absolute Gasteiger partial charge is 0.0989 e. The van der Waals surface area contributed by atoms with E-state index < -0.39 is 0 Å². The fraction of sp³-hybridized carbons (Fsp3) is 0.133. The molecule has 2 nitrogen and oxygen atoms in total. The summed E-state index contributed by atoms with van der Waals surface area (Å²) in [5.74, 6) is 6.33. The van der Waals surface area contributed by atoms with E-state index in [4.69, 9.17) is 0 Å². The molecule has 0 N–H and O–H groups in total. The highest BCUT2D eigenvalue weighted by molar-refractivity contribution is 8.00. The summed E-state index contributed by atoms with van der Waals surface area (Å²) in [6.07, 6.45) is 1.79. The maximum Gasteiger partial charge on any atom is 0.0989 e. The molecular weight excluding hydrogens is 272 g/mol. The average Bonchev–Trinajstić information content (AvgIpc) is 2.85. The van der Waals surface area contributed by atoms with Crippen molar-refractivity contribution in [2.45, 2.75) is 4.21 Å². The molecule has 0 saturated carbocycles. The van der Waals surface area contributed by atoms with Crippen LogP contribution in [0.5, 0.6) is 0 Å². The van der Waals surface area contributed by atoms with Crippen LogP contribution < -0.4 is 0 Å². The lowest BCUT2D eigenvalue weighted by Gasteiger charge is -2.00. The molecule has 0 spiro atoms. The second kappa shape index (κ2) is 7.03. The van der Waals surface area contributed by atoms with E-state index >= 15 is 0 Å². The molecule has 1 aromatic carbocycles. The lowest BCUT2D eigenvalue weighted by Crippen LogP contribution is -2.06. The third-order valence-electron chi connectivity index (χ3n) is 2.11. The molecule has 0 bridgehead atoms. The van der Waals surface area contributed by atoms with Gasteiger partial charge in [0.1, 0.15) is 0 Å². The maximum absolute atomic E-state index is 4.25. The van der Waals surface area contributed by atoms with E-state index in [1.807, 2.05) is 55.4 Å². The standard InChI is InChI=1S/C15H14N2S2/c1-17(2)12-16-19-15-11-10-14(18-15)9-8-13-6-4-3-5-7-13/h3-7,10-12H,1-2H3/b16-12+. The molecular formula is C15H14N2S2. The summed E-state index contributed by atoms with van der Waals surface area (Å²) in [4.78, 5) is 2.97. The van der Waals surface area contributed by atoms with Crippen LogP contribution in [0.4, 0.5) is 0 Å². The number of benzene rings is 1. The zero-order valence-corrected chi connectivity index (χ0v) is 12.5. The van der Waals surface area contributed by atoms with E-state index in [1.54, 1.807) is 17.7 Å². The molecule has 0 aliphatic rings. The molecule has 0 fully saturated rings. The van der Waals surface area contributed by atoms with Crippen LogP contribution in [0.15, 0.2) is 51.1 Å². The van der Waals surface area contributed by atoms with Crippen LogP contribution in [-0.4, -0.2) is 25.3 Å². The number of hydrogen-bond acceptors (Lipinski definition) is 3. The summed E-state index contributed by atoms with van der Waals surface area (Å²) in [6, 6.07) is 14.1. The lowest BCUT2D eigenvalue weighted by molar-refractivity contribution is 0.645. The molecule has 0 aliphatic carbocycles. The maximum atomic E-state index is 4.25. The Labute approximate surface area is 122 Å². The van der Waals surface area contributed by atoms with Gasteiger partial charge < -0.3 is 4.90 Å². The van der Waals surface area contributed by atoms with Crippen LogP contribution in [0.2, 0.25) is 0 Å². The molecule has 2 rings (SSSR count). The fourth-order valence-corrected chi connectivity index (χ4v) is 2.87. The molecule has 0 unspecified atom stereocenters. The van der Waals surface area contributed by atoms with Gasteiger partial charge in [-0.05, 0) is 24.3 Å². The van der Waals surface area contributed by atoms with Crippen molar-refractivity contribution < 1.29 is 0 Å². The fourth-order valence-electron chi connectivity index (χ4n) is 1.26. The highest BCUT2D eigenvalue weighted by Gasteiger charge is 1.97. The van der Waals surface area contributed by atoms with Gasteiger partial charge in [0.05, 0.1) is 15.4 Å². The van der Waals surface area contributed by atoms with E-state index in [-0.39, 0.29) is 0 Å². The molecule has 2 aromatic rings. The van der Waals surface area contributed by atoms with Gasteiger partial charge in [0.25, 0.3) is 0 Å². The molecule has 1 aromatic heterocycles. The molecule has 0 atom stereocenters. The van der Waals surface area contributed by atoms with Crippen molar-refractivity contribution in [3.63, 3.8) is 0 Å². The summed E-state index contributed by atoms with van der Waals surface area (Å²) in [6.45, 7) is 0. The van der Waals surface area contributed by atoms with Gasteiger partial charge in [0, 0.05) is 31.6 Å². The molecule has 19 heavy (non-hydrogen) atoms. The van der Waals surface area contributed by atoms with Crippen LogP contribution in [0.25, 0.3) is 0 Å². The van der Waals surface area contributed by atoms with Gasteiger partial charge in [0.15, 0.2) is 0 Å². The van der Waals surface area contributed by atoms with E-state index in [1.165, 1.54) is 11.9 Å². The van der Waals surface area contributed by atoms with E-state index in [2.05, 4.69) is 22.3 Å². The zero-order valence-electron chi connectivity index (χ0n) is 10.8. The van der Waals surface area contributed by atoms with Crippen molar-refractivity contribution in [2.75, 3.05) is 14.1 Å². The van der Waals surface area contributed by atoms with Gasteiger partial charge in [-0.3, -0.25) is 0 Å². The van der Waals surface area contributed by atoms with E-state index in [9.17, 15) is 0 Å². The Hall–Kier alpha value is -1.70. The summed E-state index contributed by atoms with van der Waals surface area (Å²) < 4.78 is 5.40. The molecule has 0 saturated heterocycles. The Morgan fingerprint density at radius 1 is 1.11 bits per heavy atom. The SMILES string of the molecule is CN(C)/C=N/Sc1ccc(C#Cc2ccccc2)s1. The normalized spacial score (nSPS) is 10.2. The lowest BCUT2D eigenvalue weighted by atomic mass is 10.2. The Bertz CT molecular complexity index is 604. The van der Waals surface area contributed by atoms with Crippen molar-refractivity contribution in [1.82, 2.24) is 4.90 Å². The van der Waals surface area contributed by atoms with Crippen molar-refractivity contribution >= 4 is 29.6 Å². The third-order valence-corrected chi connectivity index (χ3v) is 3.89. The minimum absolute atomic E-state index is 1.04. The second-order valence-corrected chi connectivity index (χ2v) is 6.19. The van der Waals surface area contributed by atoms with Gasteiger partial charge in [-0.25, -0.2) is 4.40 Å². The minimum atomic E-state index is 1.04. The predicted molar refractivity (Wildman–Crippen MR) is 84.8 cm³/mol. The Morgan fingerprint density at radius 3 is 2.63 bits per heavy atom. The van der Waals surface area contributed by atoms with E-state index in [0.29, 0.717) is 0 Å². The molecule has 0 aliphatic heterocycles. The Kier molecular flexibility index (Phi) is 5.08. The third kappa shape index (κ3) is 4.82. The Balaban J connectivity index is 2.00. The van der Waals surface area contributed by atoms with Crippen LogP contribution in [0.3, 0.4) is 0 Å². The molecule has 1 heterocycles. The highest BCUT2D eigenvalue weighted by Crippen LogP contribution is 2.27. The molecule has 0 radical (unpaired) electrons. The monoisotopic (exact) mass is 286 g/mol. The highest BCUT2D eigenvalue weighted by atomic mass is 32.2. The molecule has 4 heteroatoms. The summed E-state index contributed by atoms with van der Waals surface area (Å²) in [5, 5.41) is 0. The van der Waals surface area contributed by atoms with Crippen LogP contribution in [0.1, 0.15) is 10.4 Å². The number of rotatable bonds is 3. The number of nitrogens with zero attached hydrogens (tertiary/aromatic N) is 2. The van der Waals surface area contributed by atoms with Crippen LogP contribution >= 0.6 is 23.3 Å². The van der Waals surface area contributed by atoms with Crippen LogP contribution in [0, 0.1) is 11.8 Å². The van der Waals surface area contributed by atoms with Gasteiger partial charge in [-0.15, -0.1) is 11.3 Å². The topological polar surface area (TPSA) is 15.6 Å². The van der Waals surface area contributed by atoms with Crippen molar-refractivity contribution in [2.24, 2.45) is 4.40 Å². The van der Waals surface area contributed by atoms with Gasteiger partial charge in [0.2, 0.25) is 0 Å². The number of thiophene rings is 1. The van der Waals surface area contributed by atoms with Gasteiger partial charge in [-0.1, -0.05) is 30.0 Å².